The summed E-state index contributed by atoms with van der Waals surface area (Å²) >= 11 is 6.16. The van der Waals surface area contributed by atoms with E-state index in [9.17, 15) is 0 Å². The maximum Gasteiger partial charge on any atom is 0.167 e. The zero-order chi connectivity index (χ0) is 10.3. The summed E-state index contributed by atoms with van der Waals surface area (Å²) in [6.45, 7) is 0. The lowest BCUT2D eigenvalue weighted by molar-refractivity contribution is 0.904. The van der Waals surface area contributed by atoms with Crippen molar-refractivity contribution in [1.82, 2.24) is 19.5 Å². The van der Waals surface area contributed by atoms with Gasteiger partial charge in [0.05, 0.1) is 6.20 Å². The first kappa shape index (κ1) is 8.85. The van der Waals surface area contributed by atoms with E-state index in [-0.39, 0.29) is 0 Å². The largest absolute Gasteiger partial charge is 0.286 e. The molecule has 1 aliphatic carbocycles. The fraction of sp³-hybridized carbons (Fsp3) is 0.300. The first-order valence-corrected chi connectivity index (χ1v) is 5.25. The Balaban J connectivity index is 2.23. The van der Waals surface area contributed by atoms with Crippen molar-refractivity contribution in [2.75, 3.05) is 0 Å². The zero-order valence-electron chi connectivity index (χ0n) is 8.02. The number of rotatable bonds is 1. The van der Waals surface area contributed by atoms with Crippen LogP contribution in [0.4, 0.5) is 0 Å². The second-order valence-corrected chi connectivity index (χ2v) is 4.01. The van der Waals surface area contributed by atoms with Gasteiger partial charge < -0.3 is 0 Å². The van der Waals surface area contributed by atoms with E-state index >= 15 is 0 Å². The number of fused-ring (bicyclic) bond motifs is 1. The van der Waals surface area contributed by atoms with Crippen LogP contribution < -0.4 is 0 Å². The summed E-state index contributed by atoms with van der Waals surface area (Å²) < 4.78 is 1.96. The van der Waals surface area contributed by atoms with Gasteiger partial charge in [-0.05, 0) is 19.3 Å². The Kier molecular flexibility index (Phi) is 1.95. The summed E-state index contributed by atoms with van der Waals surface area (Å²) in [5.41, 5.74) is 2.76. The minimum atomic E-state index is 0.807. The summed E-state index contributed by atoms with van der Waals surface area (Å²) in [5.74, 6) is 0. The summed E-state index contributed by atoms with van der Waals surface area (Å²) in [6.07, 6.45) is 8.07. The van der Waals surface area contributed by atoms with Gasteiger partial charge in [0.15, 0.2) is 5.65 Å². The fourth-order valence-corrected chi connectivity index (χ4v) is 2.23. The molecule has 0 amide bonds. The lowest BCUT2D eigenvalue weighted by Crippen LogP contribution is -1.95. The molecule has 0 spiro atoms. The Bertz CT molecular complexity index is 543. The highest BCUT2D eigenvalue weighted by atomic mass is 35.5. The predicted octanol–water partition coefficient (Wildman–Crippen LogP) is 2.42. The first-order valence-electron chi connectivity index (χ1n) is 4.87. The average molecular weight is 221 g/mol. The van der Waals surface area contributed by atoms with Crippen molar-refractivity contribution in [2.45, 2.75) is 19.3 Å². The number of halogens is 1. The maximum absolute atomic E-state index is 6.16. The monoisotopic (exact) mass is 220 g/mol. The Morgan fingerprint density at radius 3 is 3.00 bits per heavy atom. The van der Waals surface area contributed by atoms with E-state index in [0.717, 1.165) is 41.2 Å². The van der Waals surface area contributed by atoms with E-state index in [4.69, 9.17) is 11.6 Å². The van der Waals surface area contributed by atoms with Crippen LogP contribution in [0.25, 0.3) is 16.9 Å². The molecule has 0 N–H and O–H groups in total. The van der Waals surface area contributed by atoms with Crippen LogP contribution in [0.3, 0.4) is 0 Å². The normalized spacial score (nSPS) is 16.6. The van der Waals surface area contributed by atoms with E-state index in [1.165, 1.54) is 6.33 Å². The standard InChI is InChI=1S/C10H9ClN4/c11-7-2-1-3-9(7)15-6-14-8-4-12-5-13-10(8)15/h4-6H,1-3H2. The Morgan fingerprint density at radius 2 is 2.20 bits per heavy atom. The topological polar surface area (TPSA) is 43.6 Å². The van der Waals surface area contributed by atoms with Crippen LogP contribution in [-0.4, -0.2) is 19.5 Å². The number of hydrogen-bond acceptors (Lipinski definition) is 3. The van der Waals surface area contributed by atoms with Gasteiger partial charge in [0.1, 0.15) is 18.2 Å². The number of allylic oxidation sites excluding steroid dienone is 2. The van der Waals surface area contributed by atoms with Crippen molar-refractivity contribution in [2.24, 2.45) is 0 Å². The molecule has 1 aliphatic rings. The summed E-state index contributed by atoms with van der Waals surface area (Å²) in [7, 11) is 0. The van der Waals surface area contributed by atoms with Gasteiger partial charge in [0.25, 0.3) is 0 Å². The minimum Gasteiger partial charge on any atom is -0.286 e. The number of nitrogens with zero attached hydrogens (tertiary/aromatic N) is 4. The van der Waals surface area contributed by atoms with Crippen LogP contribution in [0.15, 0.2) is 23.9 Å². The molecule has 2 aromatic rings. The third-order valence-electron chi connectivity index (χ3n) is 2.63. The molecule has 0 radical (unpaired) electrons. The second-order valence-electron chi connectivity index (χ2n) is 3.55. The summed E-state index contributed by atoms with van der Waals surface area (Å²) in [5, 5.41) is 0.924. The molecule has 0 unspecified atom stereocenters. The lowest BCUT2D eigenvalue weighted by atomic mass is 10.3. The quantitative estimate of drug-likeness (QED) is 0.741. The SMILES string of the molecule is ClC1=C(n2cnc3cncnc32)CCC1. The van der Waals surface area contributed by atoms with E-state index in [1.54, 1.807) is 12.5 Å². The second kappa shape index (κ2) is 3.31. The number of hydrogen-bond donors (Lipinski definition) is 0. The Labute approximate surface area is 91.6 Å². The van der Waals surface area contributed by atoms with Gasteiger partial charge in [0.2, 0.25) is 0 Å². The molecule has 76 valence electrons. The van der Waals surface area contributed by atoms with Crippen molar-refractivity contribution >= 4 is 28.5 Å². The molecule has 5 heteroatoms. The molecule has 2 aromatic heterocycles. The van der Waals surface area contributed by atoms with Crippen molar-refractivity contribution in [1.29, 1.82) is 0 Å². The van der Waals surface area contributed by atoms with E-state index in [1.807, 2.05) is 4.57 Å². The molecule has 0 saturated carbocycles. The van der Waals surface area contributed by atoms with Crippen LogP contribution in [0.1, 0.15) is 19.3 Å². The third kappa shape index (κ3) is 1.33. The highest BCUT2D eigenvalue weighted by Gasteiger charge is 2.16. The van der Waals surface area contributed by atoms with Gasteiger partial charge in [0, 0.05) is 10.7 Å². The van der Waals surface area contributed by atoms with Gasteiger partial charge in [-0.3, -0.25) is 4.57 Å². The van der Waals surface area contributed by atoms with Crippen molar-refractivity contribution < 1.29 is 0 Å². The molecule has 0 aromatic carbocycles. The van der Waals surface area contributed by atoms with E-state index < -0.39 is 0 Å². The fourth-order valence-electron chi connectivity index (χ4n) is 1.91. The molecule has 3 rings (SSSR count). The van der Waals surface area contributed by atoms with E-state index in [0.29, 0.717) is 0 Å². The average Bonchev–Trinajstić information content (AvgIpc) is 2.83. The highest BCUT2D eigenvalue weighted by Crippen LogP contribution is 2.33. The minimum absolute atomic E-state index is 0.807. The third-order valence-corrected chi connectivity index (χ3v) is 3.03. The van der Waals surface area contributed by atoms with Gasteiger partial charge >= 0.3 is 0 Å². The molecule has 0 fully saturated rings. The van der Waals surface area contributed by atoms with Crippen LogP contribution >= 0.6 is 11.6 Å². The molecular formula is C10H9ClN4. The predicted molar refractivity (Wildman–Crippen MR) is 58.2 cm³/mol. The Hall–Kier alpha value is -1.42. The van der Waals surface area contributed by atoms with Crippen LogP contribution in [0, 0.1) is 0 Å². The van der Waals surface area contributed by atoms with E-state index in [2.05, 4.69) is 15.0 Å². The van der Waals surface area contributed by atoms with Crippen LogP contribution in [-0.2, 0) is 0 Å². The first-order chi connectivity index (χ1) is 7.36. The molecule has 2 heterocycles. The lowest BCUT2D eigenvalue weighted by Gasteiger charge is -2.04. The molecule has 4 nitrogen and oxygen atoms in total. The molecule has 0 bridgehead atoms. The number of aromatic nitrogens is 4. The zero-order valence-corrected chi connectivity index (χ0v) is 8.78. The Morgan fingerprint density at radius 1 is 1.27 bits per heavy atom. The summed E-state index contributed by atoms with van der Waals surface area (Å²) in [6, 6.07) is 0. The summed E-state index contributed by atoms with van der Waals surface area (Å²) in [4.78, 5) is 12.4. The molecular weight excluding hydrogens is 212 g/mol. The van der Waals surface area contributed by atoms with Crippen LogP contribution in [0.5, 0.6) is 0 Å². The van der Waals surface area contributed by atoms with Gasteiger partial charge in [-0.25, -0.2) is 15.0 Å². The maximum atomic E-state index is 6.16. The van der Waals surface area contributed by atoms with Crippen LogP contribution in [0.2, 0.25) is 0 Å². The van der Waals surface area contributed by atoms with Gasteiger partial charge in [-0.2, -0.15) is 0 Å². The smallest absolute Gasteiger partial charge is 0.167 e. The molecule has 15 heavy (non-hydrogen) atoms. The van der Waals surface area contributed by atoms with Crippen molar-refractivity contribution in [3.63, 3.8) is 0 Å². The van der Waals surface area contributed by atoms with Gasteiger partial charge in [-0.15, -0.1) is 0 Å². The number of imidazole rings is 1. The molecule has 0 atom stereocenters. The molecule has 0 saturated heterocycles. The van der Waals surface area contributed by atoms with Crippen molar-refractivity contribution in [3.8, 4) is 0 Å². The highest BCUT2D eigenvalue weighted by molar-refractivity contribution is 6.32. The molecule has 0 aliphatic heterocycles. The van der Waals surface area contributed by atoms with Crippen molar-refractivity contribution in [3.05, 3.63) is 23.9 Å². The van der Waals surface area contributed by atoms with Gasteiger partial charge in [-0.1, -0.05) is 11.6 Å².